The van der Waals surface area contributed by atoms with Gasteiger partial charge in [0.05, 0.1) is 9.82 Å². The van der Waals surface area contributed by atoms with Crippen LogP contribution in [0, 0.1) is 24.0 Å². The lowest BCUT2D eigenvalue weighted by Crippen LogP contribution is -2.51. The molecule has 1 fully saturated rings. The molecule has 2 aromatic carbocycles. The van der Waals surface area contributed by atoms with Crippen molar-refractivity contribution >= 4 is 21.6 Å². The van der Waals surface area contributed by atoms with Gasteiger partial charge in [-0.2, -0.15) is 4.31 Å². The molecular formula is C20H23N3O6S. The maximum atomic E-state index is 13.0. The number of amides is 1. The van der Waals surface area contributed by atoms with E-state index in [0.717, 1.165) is 11.6 Å². The zero-order valence-corrected chi connectivity index (χ0v) is 17.6. The molecule has 1 amide bonds. The molecule has 0 unspecified atom stereocenters. The molecule has 1 heterocycles. The maximum absolute atomic E-state index is 13.0. The van der Waals surface area contributed by atoms with Crippen LogP contribution in [-0.4, -0.2) is 61.2 Å². The van der Waals surface area contributed by atoms with Crippen LogP contribution < -0.4 is 4.74 Å². The lowest BCUT2D eigenvalue weighted by atomic mass is 10.2. The standard InChI is InChI=1S/C20H23N3O6S/c1-15-4-3-5-18(12-15)29-14-20(24)21-8-10-22(11-9-21)30(27,28)19-13-17(23(25)26)7-6-16(19)2/h3-7,12-13H,8-11,14H2,1-2H3. The fraction of sp³-hybridized carbons (Fsp3) is 0.350. The molecule has 0 spiro atoms. The molecular weight excluding hydrogens is 410 g/mol. The van der Waals surface area contributed by atoms with Gasteiger partial charge in [0.15, 0.2) is 6.61 Å². The minimum absolute atomic E-state index is 0.0840. The first-order valence-electron chi connectivity index (χ1n) is 9.41. The Morgan fingerprint density at radius 2 is 1.80 bits per heavy atom. The molecule has 0 aromatic heterocycles. The predicted molar refractivity (Wildman–Crippen MR) is 110 cm³/mol. The normalized spacial score (nSPS) is 15.1. The molecule has 2 aromatic rings. The summed E-state index contributed by atoms with van der Waals surface area (Å²) in [5.41, 5.74) is 1.18. The van der Waals surface area contributed by atoms with Crippen LogP contribution in [0.4, 0.5) is 5.69 Å². The van der Waals surface area contributed by atoms with Crippen molar-refractivity contribution in [1.29, 1.82) is 0 Å². The van der Waals surface area contributed by atoms with Crippen LogP contribution >= 0.6 is 0 Å². The number of benzene rings is 2. The highest BCUT2D eigenvalue weighted by molar-refractivity contribution is 7.89. The Bertz CT molecular complexity index is 1060. The number of aryl methyl sites for hydroxylation is 2. The third-order valence-electron chi connectivity index (χ3n) is 4.94. The lowest BCUT2D eigenvalue weighted by molar-refractivity contribution is -0.385. The molecule has 1 aliphatic rings. The summed E-state index contributed by atoms with van der Waals surface area (Å²) in [5, 5.41) is 11.0. The quantitative estimate of drug-likeness (QED) is 0.510. The van der Waals surface area contributed by atoms with E-state index in [1.807, 2.05) is 25.1 Å². The second-order valence-corrected chi connectivity index (χ2v) is 9.00. The van der Waals surface area contributed by atoms with Crippen LogP contribution in [0.1, 0.15) is 11.1 Å². The first-order valence-corrected chi connectivity index (χ1v) is 10.8. The monoisotopic (exact) mass is 433 g/mol. The number of carbonyl (C=O) groups excluding carboxylic acids is 1. The summed E-state index contributed by atoms with van der Waals surface area (Å²) >= 11 is 0. The maximum Gasteiger partial charge on any atom is 0.270 e. The van der Waals surface area contributed by atoms with Crippen molar-refractivity contribution in [3.8, 4) is 5.75 Å². The summed E-state index contributed by atoms with van der Waals surface area (Å²) in [4.78, 5) is 24.3. The van der Waals surface area contributed by atoms with Gasteiger partial charge in [-0.1, -0.05) is 18.2 Å². The smallest absolute Gasteiger partial charge is 0.270 e. The summed E-state index contributed by atoms with van der Waals surface area (Å²) in [6.07, 6.45) is 0. The number of rotatable bonds is 6. The number of nitro benzene ring substituents is 1. The average Bonchev–Trinajstić information content (AvgIpc) is 2.72. The molecule has 1 aliphatic heterocycles. The van der Waals surface area contributed by atoms with Gasteiger partial charge in [0.1, 0.15) is 5.75 Å². The van der Waals surface area contributed by atoms with E-state index in [0.29, 0.717) is 11.3 Å². The van der Waals surface area contributed by atoms with Gasteiger partial charge in [0.25, 0.3) is 11.6 Å². The van der Waals surface area contributed by atoms with E-state index in [9.17, 15) is 23.3 Å². The van der Waals surface area contributed by atoms with E-state index in [1.54, 1.807) is 17.9 Å². The Labute approximate surface area is 175 Å². The van der Waals surface area contributed by atoms with Crippen molar-refractivity contribution in [2.75, 3.05) is 32.8 Å². The van der Waals surface area contributed by atoms with Gasteiger partial charge in [-0.15, -0.1) is 0 Å². The highest BCUT2D eigenvalue weighted by Gasteiger charge is 2.32. The van der Waals surface area contributed by atoms with E-state index in [-0.39, 0.29) is 49.3 Å². The van der Waals surface area contributed by atoms with Crippen LogP contribution in [-0.2, 0) is 14.8 Å². The summed E-state index contributed by atoms with van der Waals surface area (Å²) in [6, 6.07) is 11.2. The molecule has 0 radical (unpaired) electrons. The third-order valence-corrected chi connectivity index (χ3v) is 6.98. The minimum Gasteiger partial charge on any atom is -0.484 e. The van der Waals surface area contributed by atoms with Gasteiger partial charge in [0.2, 0.25) is 10.0 Å². The number of nitrogens with zero attached hydrogens (tertiary/aromatic N) is 3. The van der Waals surface area contributed by atoms with Crippen molar-refractivity contribution in [2.24, 2.45) is 0 Å². The van der Waals surface area contributed by atoms with Crippen molar-refractivity contribution in [2.45, 2.75) is 18.7 Å². The van der Waals surface area contributed by atoms with Crippen molar-refractivity contribution in [3.05, 3.63) is 63.7 Å². The minimum atomic E-state index is -3.90. The van der Waals surface area contributed by atoms with Crippen molar-refractivity contribution in [1.82, 2.24) is 9.21 Å². The van der Waals surface area contributed by atoms with Gasteiger partial charge in [-0.3, -0.25) is 14.9 Å². The van der Waals surface area contributed by atoms with Crippen LogP contribution in [0.25, 0.3) is 0 Å². The van der Waals surface area contributed by atoms with Crippen molar-refractivity contribution < 1.29 is 22.9 Å². The first kappa shape index (κ1) is 21.7. The predicted octanol–water partition coefficient (Wildman–Crippen LogP) is 2.12. The van der Waals surface area contributed by atoms with Crippen molar-refractivity contribution in [3.63, 3.8) is 0 Å². The summed E-state index contributed by atoms with van der Waals surface area (Å²) in [7, 11) is -3.90. The van der Waals surface area contributed by atoms with Gasteiger partial charge in [-0.25, -0.2) is 8.42 Å². The van der Waals surface area contributed by atoms with E-state index >= 15 is 0 Å². The zero-order valence-electron chi connectivity index (χ0n) is 16.8. The van der Waals surface area contributed by atoms with Gasteiger partial charge >= 0.3 is 0 Å². The number of non-ortho nitro benzene ring substituents is 1. The number of hydrogen-bond donors (Lipinski definition) is 0. The Balaban J connectivity index is 1.62. The molecule has 0 bridgehead atoms. The molecule has 1 saturated heterocycles. The molecule has 0 saturated carbocycles. The number of ether oxygens (including phenoxy) is 1. The molecule has 3 rings (SSSR count). The summed E-state index contributed by atoms with van der Waals surface area (Å²) in [5.74, 6) is 0.380. The van der Waals surface area contributed by atoms with Gasteiger partial charge < -0.3 is 9.64 Å². The Morgan fingerprint density at radius 3 is 2.43 bits per heavy atom. The number of hydrogen-bond acceptors (Lipinski definition) is 6. The SMILES string of the molecule is Cc1cccc(OCC(=O)N2CCN(S(=O)(=O)c3cc([N+](=O)[O-])ccc3C)CC2)c1. The summed E-state index contributed by atoms with van der Waals surface area (Å²) in [6.45, 7) is 4.07. The fourth-order valence-electron chi connectivity index (χ4n) is 3.24. The van der Waals surface area contributed by atoms with E-state index < -0.39 is 14.9 Å². The Hall–Kier alpha value is -2.98. The summed E-state index contributed by atoms with van der Waals surface area (Å²) < 4.78 is 32.7. The molecule has 10 heteroatoms. The Morgan fingerprint density at radius 1 is 1.10 bits per heavy atom. The van der Waals surface area contributed by atoms with Crippen LogP contribution in [0.2, 0.25) is 0 Å². The number of carbonyl (C=O) groups is 1. The van der Waals surface area contributed by atoms with Crippen LogP contribution in [0.15, 0.2) is 47.4 Å². The van der Waals surface area contributed by atoms with Gasteiger partial charge in [0, 0.05) is 38.3 Å². The van der Waals surface area contributed by atoms with E-state index in [1.165, 1.54) is 16.4 Å². The lowest BCUT2D eigenvalue weighted by Gasteiger charge is -2.34. The number of sulfonamides is 1. The second kappa shape index (κ2) is 8.80. The molecule has 30 heavy (non-hydrogen) atoms. The van der Waals surface area contributed by atoms with E-state index in [4.69, 9.17) is 4.74 Å². The van der Waals surface area contributed by atoms with Crippen LogP contribution in [0.5, 0.6) is 5.75 Å². The third kappa shape index (κ3) is 4.77. The highest BCUT2D eigenvalue weighted by Crippen LogP contribution is 2.25. The Kier molecular flexibility index (Phi) is 6.37. The molecule has 160 valence electrons. The van der Waals surface area contributed by atoms with Crippen LogP contribution in [0.3, 0.4) is 0 Å². The highest BCUT2D eigenvalue weighted by atomic mass is 32.2. The molecule has 0 N–H and O–H groups in total. The topological polar surface area (TPSA) is 110 Å². The molecule has 0 atom stereocenters. The second-order valence-electron chi connectivity index (χ2n) is 7.10. The number of nitro groups is 1. The fourth-order valence-corrected chi connectivity index (χ4v) is 4.91. The zero-order chi connectivity index (χ0) is 21.9. The molecule has 0 aliphatic carbocycles. The first-order chi connectivity index (χ1) is 14.2. The number of piperazine rings is 1. The van der Waals surface area contributed by atoms with Gasteiger partial charge in [-0.05, 0) is 37.1 Å². The largest absolute Gasteiger partial charge is 0.484 e. The molecule has 9 nitrogen and oxygen atoms in total. The average molecular weight is 433 g/mol. The van der Waals surface area contributed by atoms with E-state index in [2.05, 4.69) is 0 Å².